The summed E-state index contributed by atoms with van der Waals surface area (Å²) in [5.74, 6) is 0. The lowest BCUT2D eigenvalue weighted by atomic mass is 10.0. The van der Waals surface area contributed by atoms with E-state index in [2.05, 4.69) is 19.1 Å². The third kappa shape index (κ3) is 10.2. The van der Waals surface area contributed by atoms with Crippen molar-refractivity contribution in [3.63, 3.8) is 0 Å². The number of rotatable bonds is 17. The fourth-order valence-electron chi connectivity index (χ4n) is 3.75. The SMILES string of the molecule is CCCCCCC=CCCCCCCCCC(CC)([P+](=O)[O-])[N+](C)(C)C. The lowest BCUT2D eigenvalue weighted by Gasteiger charge is -2.39. The summed E-state index contributed by atoms with van der Waals surface area (Å²) in [5, 5.41) is -0.600. The van der Waals surface area contributed by atoms with Gasteiger partial charge in [-0.3, -0.25) is 4.48 Å². The van der Waals surface area contributed by atoms with Gasteiger partial charge in [-0.05, 0) is 32.1 Å². The largest absolute Gasteiger partial charge is 0.590 e. The number of nitrogens with zero attached hydrogens (tertiary/aromatic N) is 1. The number of allylic oxidation sites excluding steroid dienone is 2. The van der Waals surface area contributed by atoms with Gasteiger partial charge in [0.1, 0.15) is 0 Å². The predicted octanol–water partition coefficient (Wildman–Crippen LogP) is 6.55. The van der Waals surface area contributed by atoms with Gasteiger partial charge in [-0.2, -0.15) is 0 Å². The molecule has 0 aliphatic carbocycles. The van der Waals surface area contributed by atoms with Crippen LogP contribution in [0.3, 0.4) is 0 Å². The topological polar surface area (TPSA) is 40.1 Å². The van der Waals surface area contributed by atoms with Gasteiger partial charge >= 0.3 is 8.03 Å². The summed E-state index contributed by atoms with van der Waals surface area (Å²) >= 11 is 0. The summed E-state index contributed by atoms with van der Waals surface area (Å²) in [6.07, 6.45) is 21.3. The van der Waals surface area contributed by atoms with Crippen LogP contribution in [0.25, 0.3) is 0 Å². The Hall–Kier alpha value is -0.240. The van der Waals surface area contributed by atoms with Gasteiger partial charge in [-0.1, -0.05) is 75.5 Å². The highest BCUT2D eigenvalue weighted by Gasteiger charge is 2.52. The number of hydrogen-bond acceptors (Lipinski definition) is 2. The zero-order valence-corrected chi connectivity index (χ0v) is 19.2. The van der Waals surface area contributed by atoms with Gasteiger partial charge in [0.25, 0.3) is 5.28 Å². The van der Waals surface area contributed by atoms with Crippen molar-refractivity contribution in [2.24, 2.45) is 0 Å². The highest BCUT2D eigenvalue weighted by Crippen LogP contribution is 2.44. The Morgan fingerprint density at radius 2 is 1.27 bits per heavy atom. The molecule has 0 saturated carbocycles. The first kappa shape index (κ1) is 25.8. The van der Waals surface area contributed by atoms with E-state index in [4.69, 9.17) is 0 Å². The number of hydrogen-bond donors (Lipinski definition) is 0. The van der Waals surface area contributed by atoms with Crippen LogP contribution in [-0.4, -0.2) is 30.9 Å². The Bertz CT molecular complexity index is 390. The standard InChI is InChI=1S/C22H45NO2P/c1-6-8-9-10-11-12-13-14-15-16-17-18-19-20-21-22(7-2,26(24)25)23(3,4)5/h12-13H,6-11,14-21H2,1-5H3/q+1. The van der Waals surface area contributed by atoms with E-state index in [0.29, 0.717) is 10.9 Å². The molecule has 0 amide bonds. The molecule has 0 radical (unpaired) electrons. The molecule has 0 fully saturated rings. The summed E-state index contributed by atoms with van der Waals surface area (Å²) in [7, 11) is 3.60. The van der Waals surface area contributed by atoms with E-state index >= 15 is 0 Å². The third-order valence-electron chi connectivity index (χ3n) is 5.74. The van der Waals surface area contributed by atoms with Crippen LogP contribution in [0.15, 0.2) is 12.2 Å². The highest BCUT2D eigenvalue weighted by atomic mass is 31.1. The second kappa shape index (κ2) is 14.8. The fourth-order valence-corrected chi connectivity index (χ4v) is 4.84. The van der Waals surface area contributed by atoms with Crippen molar-refractivity contribution in [2.75, 3.05) is 21.1 Å². The molecule has 0 N–H and O–H groups in total. The lowest BCUT2D eigenvalue weighted by molar-refractivity contribution is -0.910. The van der Waals surface area contributed by atoms with Gasteiger partial charge in [0.05, 0.1) is 21.1 Å². The van der Waals surface area contributed by atoms with E-state index in [0.717, 1.165) is 19.3 Å². The van der Waals surface area contributed by atoms with Crippen molar-refractivity contribution >= 4 is 8.03 Å². The average Bonchev–Trinajstić information content (AvgIpc) is 2.57. The van der Waals surface area contributed by atoms with Crippen molar-refractivity contribution in [1.29, 1.82) is 0 Å². The fraction of sp³-hybridized carbons (Fsp3) is 0.909. The van der Waals surface area contributed by atoms with Crippen LogP contribution in [0.4, 0.5) is 0 Å². The number of quaternary nitrogens is 1. The van der Waals surface area contributed by atoms with E-state index in [1.165, 1.54) is 64.2 Å². The molecular weight excluding hydrogens is 341 g/mol. The second-order valence-corrected chi connectivity index (χ2v) is 9.93. The summed E-state index contributed by atoms with van der Waals surface area (Å²) < 4.78 is 12.4. The molecule has 26 heavy (non-hydrogen) atoms. The molecule has 0 spiro atoms. The van der Waals surface area contributed by atoms with Gasteiger partial charge in [0.15, 0.2) is 0 Å². The van der Waals surface area contributed by atoms with Crippen LogP contribution < -0.4 is 4.89 Å². The van der Waals surface area contributed by atoms with E-state index < -0.39 is 13.3 Å². The smallest absolute Gasteiger partial charge is 0.376 e. The van der Waals surface area contributed by atoms with Crippen molar-refractivity contribution in [1.82, 2.24) is 0 Å². The molecule has 0 rings (SSSR count). The molecule has 154 valence electrons. The Morgan fingerprint density at radius 3 is 1.69 bits per heavy atom. The minimum Gasteiger partial charge on any atom is -0.590 e. The van der Waals surface area contributed by atoms with Gasteiger partial charge in [-0.15, -0.1) is 0 Å². The maximum absolute atomic E-state index is 11.9. The molecule has 4 heteroatoms. The van der Waals surface area contributed by atoms with Crippen LogP contribution >= 0.6 is 8.03 Å². The van der Waals surface area contributed by atoms with Crippen molar-refractivity contribution in [3.05, 3.63) is 12.2 Å². The van der Waals surface area contributed by atoms with Crippen LogP contribution in [-0.2, 0) is 4.57 Å². The monoisotopic (exact) mass is 386 g/mol. The zero-order chi connectivity index (χ0) is 19.9. The molecule has 0 aliphatic rings. The van der Waals surface area contributed by atoms with Crippen molar-refractivity contribution in [2.45, 2.75) is 109 Å². The van der Waals surface area contributed by atoms with Crippen LogP contribution in [0.2, 0.25) is 0 Å². The third-order valence-corrected chi connectivity index (χ3v) is 7.56. The molecule has 3 nitrogen and oxygen atoms in total. The zero-order valence-electron chi connectivity index (χ0n) is 18.3. The van der Waals surface area contributed by atoms with Crippen LogP contribution in [0.1, 0.15) is 104 Å². The summed E-state index contributed by atoms with van der Waals surface area (Å²) in [6.45, 7) is 4.26. The molecule has 0 aromatic carbocycles. The lowest BCUT2D eigenvalue weighted by Crippen LogP contribution is -2.55. The molecule has 0 aromatic heterocycles. The Morgan fingerprint density at radius 1 is 0.808 bits per heavy atom. The molecule has 0 heterocycles. The molecular formula is C22H45NO2P+. The summed E-state index contributed by atoms with van der Waals surface area (Å²) in [6, 6.07) is 0. The summed E-state index contributed by atoms with van der Waals surface area (Å²) in [5.41, 5.74) is 0. The molecule has 0 aromatic rings. The van der Waals surface area contributed by atoms with Crippen molar-refractivity contribution < 1.29 is 13.9 Å². The van der Waals surface area contributed by atoms with E-state index in [1.807, 2.05) is 28.1 Å². The van der Waals surface area contributed by atoms with E-state index in [-0.39, 0.29) is 0 Å². The molecule has 0 saturated heterocycles. The first-order valence-electron chi connectivity index (χ1n) is 10.9. The van der Waals surface area contributed by atoms with E-state index in [9.17, 15) is 9.46 Å². The van der Waals surface area contributed by atoms with Gasteiger partial charge in [0.2, 0.25) is 0 Å². The maximum atomic E-state index is 11.9. The van der Waals surface area contributed by atoms with Crippen molar-refractivity contribution in [3.8, 4) is 0 Å². The quantitative estimate of drug-likeness (QED) is 0.123. The molecule has 2 unspecified atom stereocenters. The van der Waals surface area contributed by atoms with Crippen LogP contribution in [0.5, 0.6) is 0 Å². The molecule has 0 bridgehead atoms. The van der Waals surface area contributed by atoms with Crippen LogP contribution in [0, 0.1) is 0 Å². The minimum atomic E-state index is -2.41. The molecule has 2 atom stereocenters. The first-order valence-corrected chi connectivity index (χ1v) is 12.1. The molecule has 0 aliphatic heterocycles. The van der Waals surface area contributed by atoms with Gasteiger partial charge in [0, 0.05) is 12.8 Å². The number of unbranched alkanes of at least 4 members (excludes halogenated alkanes) is 10. The first-order chi connectivity index (χ1) is 12.3. The average molecular weight is 387 g/mol. The van der Waals surface area contributed by atoms with E-state index in [1.54, 1.807) is 0 Å². The maximum Gasteiger partial charge on any atom is 0.376 e. The second-order valence-electron chi connectivity index (χ2n) is 8.59. The Kier molecular flexibility index (Phi) is 14.6. The predicted molar refractivity (Wildman–Crippen MR) is 113 cm³/mol. The van der Waals surface area contributed by atoms with Gasteiger partial charge < -0.3 is 4.89 Å². The summed E-state index contributed by atoms with van der Waals surface area (Å²) in [4.78, 5) is 11.9. The normalized spacial score (nSPS) is 15.4. The Labute approximate surface area is 164 Å². The van der Waals surface area contributed by atoms with Gasteiger partial charge in [-0.25, -0.2) is 0 Å². The minimum absolute atomic E-state index is 0.507. The Balaban J connectivity index is 3.75. The highest BCUT2D eigenvalue weighted by molar-refractivity contribution is 7.38.